The van der Waals surface area contributed by atoms with E-state index in [-0.39, 0.29) is 5.28 Å². The van der Waals surface area contributed by atoms with Crippen molar-refractivity contribution < 1.29 is 4.42 Å². The second-order valence-corrected chi connectivity index (χ2v) is 5.28. The first-order chi connectivity index (χ1) is 8.79. The minimum Gasteiger partial charge on any atom is -0.463 e. The number of fused-ring (bicyclic) bond motifs is 1. The maximum atomic E-state index is 5.98. The minimum absolute atomic E-state index is 0.219. The summed E-state index contributed by atoms with van der Waals surface area (Å²) in [6.45, 7) is 0. The van der Waals surface area contributed by atoms with Gasteiger partial charge in [-0.3, -0.25) is 0 Å². The molecule has 0 spiro atoms. The van der Waals surface area contributed by atoms with Crippen molar-refractivity contribution in [1.82, 2.24) is 9.97 Å². The molecule has 0 aliphatic rings. The summed E-state index contributed by atoms with van der Waals surface area (Å²) in [4.78, 5) is 8.53. The number of nitrogens with zero attached hydrogens (tertiary/aromatic N) is 2. The van der Waals surface area contributed by atoms with Gasteiger partial charge in [0.15, 0.2) is 5.76 Å². The van der Waals surface area contributed by atoms with Crippen LogP contribution in [0.3, 0.4) is 0 Å². The highest BCUT2D eigenvalue weighted by Crippen LogP contribution is 2.37. The molecule has 0 fully saturated rings. The molecule has 92 valence electrons. The average molecular weight is 298 g/mol. The summed E-state index contributed by atoms with van der Waals surface area (Å²) in [5.74, 6) is 0.696. The second-order valence-electron chi connectivity index (χ2n) is 3.45. The van der Waals surface area contributed by atoms with E-state index in [0.717, 1.165) is 21.6 Å². The summed E-state index contributed by atoms with van der Waals surface area (Å²) in [7, 11) is 0. The van der Waals surface area contributed by atoms with Crippen LogP contribution in [0.25, 0.3) is 21.7 Å². The molecule has 0 saturated heterocycles. The van der Waals surface area contributed by atoms with Crippen LogP contribution in [0.15, 0.2) is 28.2 Å². The summed E-state index contributed by atoms with van der Waals surface area (Å²) >= 11 is 9.06. The SMILES string of the molecule is CSNc1csc2c(-c3ccco3)nc(Cl)nc12. The lowest BCUT2D eigenvalue weighted by atomic mass is 10.3. The molecule has 0 radical (unpaired) electrons. The smallest absolute Gasteiger partial charge is 0.223 e. The number of hydrogen-bond acceptors (Lipinski definition) is 6. The maximum Gasteiger partial charge on any atom is 0.223 e. The number of halogens is 1. The number of aromatic nitrogens is 2. The van der Waals surface area contributed by atoms with Crippen LogP contribution in [0.2, 0.25) is 5.28 Å². The molecule has 3 rings (SSSR count). The monoisotopic (exact) mass is 297 g/mol. The quantitative estimate of drug-likeness (QED) is 0.577. The molecule has 1 N–H and O–H groups in total. The summed E-state index contributed by atoms with van der Waals surface area (Å²) in [5, 5.41) is 2.22. The van der Waals surface area contributed by atoms with Crippen LogP contribution >= 0.6 is 34.9 Å². The van der Waals surface area contributed by atoms with E-state index in [9.17, 15) is 0 Å². The summed E-state index contributed by atoms with van der Waals surface area (Å²) in [6, 6.07) is 3.69. The van der Waals surface area contributed by atoms with E-state index in [2.05, 4.69) is 14.7 Å². The number of anilines is 1. The third-order valence-electron chi connectivity index (χ3n) is 2.35. The molecule has 0 bridgehead atoms. The van der Waals surface area contributed by atoms with Gasteiger partial charge in [-0.1, -0.05) is 11.9 Å². The fourth-order valence-corrected chi connectivity index (χ4v) is 3.20. The van der Waals surface area contributed by atoms with Gasteiger partial charge in [0.2, 0.25) is 5.28 Å². The van der Waals surface area contributed by atoms with Crippen molar-refractivity contribution in [2.24, 2.45) is 0 Å². The van der Waals surface area contributed by atoms with E-state index in [1.165, 1.54) is 11.9 Å². The van der Waals surface area contributed by atoms with Gasteiger partial charge in [-0.05, 0) is 23.7 Å². The first kappa shape index (κ1) is 11.8. The van der Waals surface area contributed by atoms with Crippen molar-refractivity contribution in [2.75, 3.05) is 11.0 Å². The Kier molecular flexibility index (Phi) is 3.15. The van der Waals surface area contributed by atoms with E-state index in [1.807, 2.05) is 23.8 Å². The van der Waals surface area contributed by atoms with E-state index in [4.69, 9.17) is 16.0 Å². The predicted molar refractivity (Wildman–Crippen MR) is 77.3 cm³/mol. The highest BCUT2D eigenvalue weighted by Gasteiger charge is 2.15. The van der Waals surface area contributed by atoms with Crippen molar-refractivity contribution in [3.05, 3.63) is 29.1 Å². The topological polar surface area (TPSA) is 51.0 Å². The fraction of sp³-hybridized carbons (Fsp3) is 0.0909. The highest BCUT2D eigenvalue weighted by atomic mass is 35.5. The average Bonchev–Trinajstić information content (AvgIpc) is 2.99. The normalized spacial score (nSPS) is 11.0. The van der Waals surface area contributed by atoms with Gasteiger partial charge in [0.25, 0.3) is 0 Å². The third kappa shape index (κ3) is 1.96. The lowest BCUT2D eigenvalue weighted by molar-refractivity contribution is 0.581. The Bertz CT molecular complexity index is 681. The molecule has 0 aromatic carbocycles. The summed E-state index contributed by atoms with van der Waals surface area (Å²) in [5.41, 5.74) is 2.49. The zero-order valence-corrected chi connectivity index (χ0v) is 11.7. The Morgan fingerprint density at radius 2 is 2.33 bits per heavy atom. The molecule has 3 heterocycles. The van der Waals surface area contributed by atoms with Gasteiger partial charge < -0.3 is 9.14 Å². The lowest BCUT2D eigenvalue weighted by Crippen LogP contribution is -1.90. The van der Waals surface area contributed by atoms with Gasteiger partial charge in [0.05, 0.1) is 16.7 Å². The number of thiophene rings is 1. The zero-order chi connectivity index (χ0) is 12.5. The van der Waals surface area contributed by atoms with Crippen LogP contribution in [0.1, 0.15) is 0 Å². The Morgan fingerprint density at radius 3 is 3.06 bits per heavy atom. The predicted octanol–water partition coefficient (Wildman–Crippen LogP) is 4.29. The first-order valence-electron chi connectivity index (χ1n) is 5.07. The van der Waals surface area contributed by atoms with Gasteiger partial charge in [0, 0.05) is 11.6 Å². The van der Waals surface area contributed by atoms with Gasteiger partial charge in [-0.15, -0.1) is 11.3 Å². The third-order valence-corrected chi connectivity index (χ3v) is 3.92. The van der Waals surface area contributed by atoms with Crippen LogP contribution in [-0.2, 0) is 0 Å². The molecule has 0 amide bonds. The van der Waals surface area contributed by atoms with Crippen molar-refractivity contribution in [3.8, 4) is 11.5 Å². The highest BCUT2D eigenvalue weighted by molar-refractivity contribution is 7.99. The van der Waals surface area contributed by atoms with E-state index in [0.29, 0.717) is 5.76 Å². The van der Waals surface area contributed by atoms with Gasteiger partial charge in [-0.2, -0.15) is 0 Å². The lowest BCUT2D eigenvalue weighted by Gasteiger charge is -2.02. The van der Waals surface area contributed by atoms with Gasteiger partial charge >= 0.3 is 0 Å². The van der Waals surface area contributed by atoms with Crippen molar-refractivity contribution in [2.45, 2.75) is 0 Å². The van der Waals surface area contributed by atoms with Gasteiger partial charge in [0.1, 0.15) is 11.2 Å². The van der Waals surface area contributed by atoms with Crippen LogP contribution in [-0.4, -0.2) is 16.2 Å². The molecule has 18 heavy (non-hydrogen) atoms. The Hall–Kier alpha value is -1.24. The maximum absolute atomic E-state index is 5.98. The van der Waals surface area contributed by atoms with E-state index in [1.54, 1.807) is 17.6 Å². The Balaban J connectivity index is 2.26. The molecule has 4 nitrogen and oxygen atoms in total. The van der Waals surface area contributed by atoms with E-state index >= 15 is 0 Å². The first-order valence-corrected chi connectivity index (χ1v) is 7.55. The van der Waals surface area contributed by atoms with Crippen LogP contribution in [0.4, 0.5) is 5.69 Å². The van der Waals surface area contributed by atoms with Crippen LogP contribution in [0.5, 0.6) is 0 Å². The molecule has 0 unspecified atom stereocenters. The minimum atomic E-state index is 0.219. The molecule has 7 heteroatoms. The van der Waals surface area contributed by atoms with Crippen LogP contribution in [0, 0.1) is 0 Å². The molecule has 0 aliphatic carbocycles. The fourth-order valence-electron chi connectivity index (χ4n) is 1.65. The molecule has 0 saturated carbocycles. The van der Waals surface area contributed by atoms with Crippen molar-refractivity contribution >= 4 is 50.8 Å². The summed E-state index contributed by atoms with van der Waals surface area (Å²) in [6.07, 6.45) is 3.57. The molecular weight excluding hydrogens is 290 g/mol. The van der Waals surface area contributed by atoms with Gasteiger partial charge in [-0.25, -0.2) is 9.97 Å². The summed E-state index contributed by atoms with van der Waals surface area (Å²) < 4.78 is 9.53. The molecule has 0 atom stereocenters. The Morgan fingerprint density at radius 1 is 1.44 bits per heavy atom. The second kappa shape index (κ2) is 4.79. The molecular formula is C11H8ClN3OS2. The van der Waals surface area contributed by atoms with Crippen molar-refractivity contribution in [1.29, 1.82) is 0 Å². The standard InChI is InChI=1S/C11H8ClN3OS2/c1-17-15-6-5-18-10-8(6)13-11(12)14-9(10)7-3-2-4-16-7/h2-5,15H,1H3. The van der Waals surface area contributed by atoms with Crippen molar-refractivity contribution in [3.63, 3.8) is 0 Å². The number of hydrogen-bond donors (Lipinski definition) is 1. The van der Waals surface area contributed by atoms with E-state index < -0.39 is 0 Å². The molecule has 3 aromatic heterocycles. The number of furan rings is 1. The number of nitrogens with one attached hydrogen (secondary N) is 1. The molecule has 3 aromatic rings. The number of rotatable bonds is 3. The Labute approximate surface area is 117 Å². The largest absolute Gasteiger partial charge is 0.463 e. The molecule has 0 aliphatic heterocycles. The van der Waals surface area contributed by atoms with Crippen LogP contribution < -0.4 is 4.72 Å². The zero-order valence-electron chi connectivity index (χ0n) is 9.31.